The number of methoxy groups -OCH3 is 1. The first kappa shape index (κ1) is 16.8. The van der Waals surface area contributed by atoms with E-state index in [-0.39, 0.29) is 0 Å². The molecule has 1 aliphatic rings. The van der Waals surface area contributed by atoms with Gasteiger partial charge in [0, 0.05) is 45.5 Å². The lowest BCUT2D eigenvalue weighted by atomic mass is 10.2. The number of rotatable bonds is 6. The van der Waals surface area contributed by atoms with Crippen molar-refractivity contribution < 1.29 is 4.74 Å². The van der Waals surface area contributed by atoms with E-state index in [1.54, 1.807) is 13.3 Å². The normalized spacial score (nSPS) is 15.5. The Hall–Kier alpha value is -2.67. The summed E-state index contributed by atoms with van der Waals surface area (Å²) in [6.45, 7) is 6.12. The van der Waals surface area contributed by atoms with Crippen LogP contribution in [0.25, 0.3) is 11.2 Å². The van der Waals surface area contributed by atoms with Crippen molar-refractivity contribution in [1.29, 1.82) is 0 Å². The fourth-order valence-electron chi connectivity index (χ4n) is 3.52. The first-order chi connectivity index (χ1) is 12.8. The van der Waals surface area contributed by atoms with Crippen LogP contribution in [0.5, 0.6) is 5.75 Å². The van der Waals surface area contributed by atoms with Gasteiger partial charge in [-0.1, -0.05) is 17.3 Å². The molecule has 0 bridgehead atoms. The molecule has 2 aromatic heterocycles. The van der Waals surface area contributed by atoms with Crippen LogP contribution in [0.1, 0.15) is 6.42 Å². The molecule has 1 fully saturated rings. The molecule has 1 aromatic carbocycles. The minimum Gasteiger partial charge on any atom is -0.495 e. The average molecular weight is 352 g/mol. The standard InChI is InChI=1S/C19H24N6O/c1-26-18-8-3-2-6-16(18)24-14-12-23(13-15-24)10-5-11-25-17-7-4-9-20-19(17)21-22-25/h2-4,6-9H,5,10-15H2,1H3. The van der Waals surface area contributed by atoms with Crippen LogP contribution in [0.4, 0.5) is 5.69 Å². The predicted octanol–water partition coefficient (Wildman–Crippen LogP) is 2.05. The van der Waals surface area contributed by atoms with Crippen molar-refractivity contribution >= 4 is 16.9 Å². The summed E-state index contributed by atoms with van der Waals surface area (Å²) in [6.07, 6.45) is 2.81. The summed E-state index contributed by atoms with van der Waals surface area (Å²) in [7, 11) is 1.73. The molecule has 0 radical (unpaired) electrons. The van der Waals surface area contributed by atoms with Gasteiger partial charge in [0.1, 0.15) is 11.3 Å². The van der Waals surface area contributed by atoms with Crippen molar-refractivity contribution in [2.75, 3.05) is 44.7 Å². The smallest absolute Gasteiger partial charge is 0.201 e. The van der Waals surface area contributed by atoms with Crippen LogP contribution in [0.3, 0.4) is 0 Å². The molecule has 3 heterocycles. The number of nitrogens with zero attached hydrogens (tertiary/aromatic N) is 6. The van der Waals surface area contributed by atoms with E-state index in [2.05, 4.69) is 37.2 Å². The van der Waals surface area contributed by atoms with Gasteiger partial charge in [-0.2, -0.15) is 0 Å². The Labute approximate surface area is 153 Å². The second kappa shape index (κ2) is 7.70. The summed E-state index contributed by atoms with van der Waals surface area (Å²) in [5.74, 6) is 0.951. The second-order valence-electron chi connectivity index (χ2n) is 6.51. The van der Waals surface area contributed by atoms with Gasteiger partial charge in [-0.25, -0.2) is 9.67 Å². The van der Waals surface area contributed by atoms with Gasteiger partial charge < -0.3 is 9.64 Å². The number of pyridine rings is 1. The second-order valence-corrected chi connectivity index (χ2v) is 6.51. The van der Waals surface area contributed by atoms with Crippen LogP contribution in [-0.2, 0) is 6.54 Å². The summed E-state index contributed by atoms with van der Waals surface area (Å²) in [4.78, 5) is 9.16. The van der Waals surface area contributed by atoms with E-state index in [0.29, 0.717) is 0 Å². The quantitative estimate of drug-likeness (QED) is 0.677. The number of fused-ring (bicyclic) bond motifs is 1. The molecular formula is C19H24N6O. The molecule has 0 unspecified atom stereocenters. The molecule has 0 N–H and O–H groups in total. The van der Waals surface area contributed by atoms with Crippen molar-refractivity contribution in [3.05, 3.63) is 42.6 Å². The van der Waals surface area contributed by atoms with Gasteiger partial charge >= 0.3 is 0 Å². The van der Waals surface area contributed by atoms with E-state index >= 15 is 0 Å². The molecule has 7 heteroatoms. The fourth-order valence-corrected chi connectivity index (χ4v) is 3.52. The van der Waals surface area contributed by atoms with Crippen LogP contribution >= 0.6 is 0 Å². The third kappa shape index (κ3) is 3.48. The lowest BCUT2D eigenvalue weighted by Gasteiger charge is -2.36. The van der Waals surface area contributed by atoms with E-state index in [4.69, 9.17) is 4.74 Å². The highest BCUT2D eigenvalue weighted by Gasteiger charge is 2.19. The molecule has 1 saturated heterocycles. The van der Waals surface area contributed by atoms with Crippen molar-refractivity contribution in [3.63, 3.8) is 0 Å². The van der Waals surface area contributed by atoms with Crippen molar-refractivity contribution in [2.45, 2.75) is 13.0 Å². The minimum atomic E-state index is 0.720. The largest absolute Gasteiger partial charge is 0.495 e. The maximum atomic E-state index is 5.49. The summed E-state index contributed by atoms with van der Waals surface area (Å²) in [5, 5.41) is 8.33. The van der Waals surface area contributed by atoms with Crippen LogP contribution in [0.15, 0.2) is 42.6 Å². The molecule has 136 valence electrons. The molecule has 0 spiro atoms. The zero-order chi connectivity index (χ0) is 17.8. The van der Waals surface area contributed by atoms with Crippen molar-refractivity contribution in [3.8, 4) is 5.75 Å². The Morgan fingerprint density at radius 3 is 2.69 bits per heavy atom. The zero-order valence-electron chi connectivity index (χ0n) is 15.1. The first-order valence-corrected chi connectivity index (χ1v) is 9.10. The average Bonchev–Trinajstić information content (AvgIpc) is 3.12. The highest BCUT2D eigenvalue weighted by Crippen LogP contribution is 2.28. The summed E-state index contributed by atoms with van der Waals surface area (Å²) >= 11 is 0. The van der Waals surface area contributed by atoms with Gasteiger partial charge in [0.2, 0.25) is 5.65 Å². The number of aromatic nitrogens is 4. The van der Waals surface area contributed by atoms with Gasteiger partial charge in [0.05, 0.1) is 12.8 Å². The zero-order valence-corrected chi connectivity index (χ0v) is 15.1. The lowest BCUT2D eigenvalue weighted by molar-refractivity contribution is 0.248. The SMILES string of the molecule is COc1ccccc1N1CCN(CCCn2nnc3ncccc32)CC1. The lowest BCUT2D eigenvalue weighted by Crippen LogP contribution is -2.46. The molecule has 3 aromatic rings. The number of piperazine rings is 1. The van der Waals surface area contributed by atoms with Gasteiger partial charge in [0.25, 0.3) is 0 Å². The van der Waals surface area contributed by atoms with Crippen LogP contribution in [0, 0.1) is 0 Å². The van der Waals surface area contributed by atoms with Gasteiger partial charge in [0.15, 0.2) is 0 Å². The molecular weight excluding hydrogens is 328 g/mol. The van der Waals surface area contributed by atoms with E-state index in [1.165, 1.54) is 5.69 Å². The first-order valence-electron chi connectivity index (χ1n) is 9.10. The van der Waals surface area contributed by atoms with Gasteiger partial charge in [-0.05, 0) is 30.7 Å². The maximum Gasteiger partial charge on any atom is 0.201 e. The summed E-state index contributed by atoms with van der Waals surface area (Å²) in [5.41, 5.74) is 2.92. The Morgan fingerprint density at radius 1 is 1.00 bits per heavy atom. The number of ether oxygens (including phenoxy) is 1. The topological polar surface area (TPSA) is 59.3 Å². The number of aryl methyl sites for hydroxylation is 1. The van der Waals surface area contributed by atoms with Crippen molar-refractivity contribution in [2.24, 2.45) is 0 Å². The number of hydrogen-bond acceptors (Lipinski definition) is 6. The van der Waals surface area contributed by atoms with Crippen LogP contribution in [-0.4, -0.2) is 64.7 Å². The Kier molecular flexibility index (Phi) is 4.97. The number of benzene rings is 1. The third-order valence-corrected chi connectivity index (χ3v) is 4.93. The molecule has 0 aliphatic carbocycles. The van der Waals surface area contributed by atoms with Crippen LogP contribution in [0.2, 0.25) is 0 Å². The van der Waals surface area contributed by atoms with E-state index in [1.807, 2.05) is 28.9 Å². The monoisotopic (exact) mass is 352 g/mol. The van der Waals surface area contributed by atoms with E-state index in [0.717, 1.165) is 62.6 Å². The fraction of sp³-hybridized carbons (Fsp3) is 0.421. The Bertz CT molecular complexity index is 856. The number of para-hydroxylation sites is 2. The van der Waals surface area contributed by atoms with E-state index < -0.39 is 0 Å². The van der Waals surface area contributed by atoms with Crippen molar-refractivity contribution in [1.82, 2.24) is 24.9 Å². The number of hydrogen-bond donors (Lipinski definition) is 0. The molecule has 26 heavy (non-hydrogen) atoms. The molecule has 0 atom stereocenters. The summed E-state index contributed by atoms with van der Waals surface area (Å²) in [6, 6.07) is 12.2. The molecule has 0 saturated carbocycles. The summed E-state index contributed by atoms with van der Waals surface area (Å²) < 4.78 is 7.44. The highest BCUT2D eigenvalue weighted by molar-refractivity contribution is 5.68. The Morgan fingerprint density at radius 2 is 1.85 bits per heavy atom. The highest BCUT2D eigenvalue weighted by atomic mass is 16.5. The van der Waals surface area contributed by atoms with Gasteiger partial charge in [-0.15, -0.1) is 5.10 Å². The molecule has 0 amide bonds. The Balaban J connectivity index is 1.28. The molecule has 4 rings (SSSR count). The minimum absolute atomic E-state index is 0.720. The van der Waals surface area contributed by atoms with E-state index in [9.17, 15) is 0 Å². The third-order valence-electron chi connectivity index (χ3n) is 4.93. The molecule has 1 aliphatic heterocycles. The number of anilines is 1. The molecule has 7 nitrogen and oxygen atoms in total. The maximum absolute atomic E-state index is 5.49. The van der Waals surface area contributed by atoms with Crippen LogP contribution < -0.4 is 9.64 Å². The predicted molar refractivity (Wildman–Crippen MR) is 102 cm³/mol. The van der Waals surface area contributed by atoms with Gasteiger partial charge in [-0.3, -0.25) is 4.90 Å².